The second-order valence-electron chi connectivity index (χ2n) is 2.96. The Balaban J connectivity index is 2.50. The van der Waals surface area contributed by atoms with Gasteiger partial charge in [0.1, 0.15) is 11.5 Å². The molecule has 0 unspecified atom stereocenters. The van der Waals surface area contributed by atoms with Crippen LogP contribution < -0.4 is 5.73 Å². The molecular weight excluding hydrogens is 305 g/mol. The number of hydrogen-bond donors (Lipinski definition) is 1. The van der Waals surface area contributed by atoms with E-state index in [9.17, 15) is 0 Å². The van der Waals surface area contributed by atoms with Gasteiger partial charge < -0.3 is 5.73 Å². The van der Waals surface area contributed by atoms with Crippen molar-refractivity contribution in [2.45, 2.75) is 13.5 Å². The van der Waals surface area contributed by atoms with Crippen LogP contribution in [0.5, 0.6) is 0 Å². The van der Waals surface area contributed by atoms with Gasteiger partial charge in [0.05, 0.1) is 3.57 Å². The molecule has 78 valence electrons. The highest BCUT2D eigenvalue weighted by molar-refractivity contribution is 14.1. The van der Waals surface area contributed by atoms with Crippen molar-refractivity contribution >= 4 is 28.4 Å². The quantitative estimate of drug-likeness (QED) is 0.854. The third kappa shape index (κ3) is 1.94. The maximum absolute atomic E-state index is 5.73. The number of rotatable bonds is 2. The summed E-state index contributed by atoms with van der Waals surface area (Å²) in [5.41, 5.74) is 6.62. The highest BCUT2D eigenvalue weighted by Gasteiger charge is 2.08. The standard InChI is InChI=1S/C9H10IN5/c1-2-15-7(3-4-13-15)9-12-5-6(10)8(11)14-9/h3-5H,2H2,1H3,(H2,11,12,14). The molecule has 2 aromatic heterocycles. The Morgan fingerprint density at radius 2 is 2.33 bits per heavy atom. The van der Waals surface area contributed by atoms with Gasteiger partial charge in [0, 0.05) is 18.9 Å². The van der Waals surface area contributed by atoms with E-state index < -0.39 is 0 Å². The molecule has 0 amide bonds. The van der Waals surface area contributed by atoms with Crippen molar-refractivity contribution in [2.24, 2.45) is 0 Å². The number of halogens is 1. The van der Waals surface area contributed by atoms with Gasteiger partial charge in [0.15, 0.2) is 5.82 Å². The number of aryl methyl sites for hydroxylation is 1. The topological polar surface area (TPSA) is 69.6 Å². The van der Waals surface area contributed by atoms with Crippen LogP contribution in [0.4, 0.5) is 5.82 Å². The fourth-order valence-corrected chi connectivity index (χ4v) is 1.54. The van der Waals surface area contributed by atoms with Crippen LogP contribution in [0.2, 0.25) is 0 Å². The Labute approximate surface area is 101 Å². The van der Waals surface area contributed by atoms with E-state index in [0.29, 0.717) is 11.6 Å². The average molecular weight is 315 g/mol. The van der Waals surface area contributed by atoms with Gasteiger partial charge in [0.2, 0.25) is 0 Å². The van der Waals surface area contributed by atoms with E-state index in [0.717, 1.165) is 15.8 Å². The molecule has 2 aromatic rings. The van der Waals surface area contributed by atoms with Gasteiger partial charge in [-0.15, -0.1) is 0 Å². The molecule has 0 aliphatic heterocycles. The lowest BCUT2D eigenvalue weighted by Crippen LogP contribution is -2.03. The zero-order chi connectivity index (χ0) is 10.8. The average Bonchev–Trinajstić information content (AvgIpc) is 2.70. The van der Waals surface area contributed by atoms with Crippen LogP contribution in [0.1, 0.15) is 6.92 Å². The van der Waals surface area contributed by atoms with E-state index in [-0.39, 0.29) is 0 Å². The summed E-state index contributed by atoms with van der Waals surface area (Å²) in [7, 11) is 0. The summed E-state index contributed by atoms with van der Waals surface area (Å²) in [5, 5.41) is 4.16. The summed E-state index contributed by atoms with van der Waals surface area (Å²) in [5.74, 6) is 1.12. The van der Waals surface area contributed by atoms with Gasteiger partial charge >= 0.3 is 0 Å². The number of hydrogen-bond acceptors (Lipinski definition) is 4. The fourth-order valence-electron chi connectivity index (χ4n) is 1.28. The van der Waals surface area contributed by atoms with Crippen molar-refractivity contribution in [1.29, 1.82) is 0 Å². The molecule has 0 saturated heterocycles. The largest absolute Gasteiger partial charge is 0.383 e. The second kappa shape index (κ2) is 4.13. The van der Waals surface area contributed by atoms with Gasteiger partial charge in [-0.25, -0.2) is 9.97 Å². The predicted molar refractivity (Wildman–Crippen MR) is 66.1 cm³/mol. The summed E-state index contributed by atoms with van der Waals surface area (Å²) in [6.45, 7) is 2.81. The Kier molecular flexibility index (Phi) is 2.85. The molecular formula is C9H10IN5. The fraction of sp³-hybridized carbons (Fsp3) is 0.222. The van der Waals surface area contributed by atoms with Crippen molar-refractivity contribution in [3.8, 4) is 11.5 Å². The predicted octanol–water partition coefficient (Wildman–Crippen LogP) is 1.55. The molecule has 0 spiro atoms. The molecule has 0 aliphatic carbocycles. The molecule has 2 rings (SSSR count). The number of nitrogens with zero attached hydrogens (tertiary/aromatic N) is 4. The van der Waals surface area contributed by atoms with Crippen molar-refractivity contribution in [1.82, 2.24) is 19.7 Å². The van der Waals surface area contributed by atoms with Crippen molar-refractivity contribution in [3.63, 3.8) is 0 Å². The molecule has 2 heterocycles. The van der Waals surface area contributed by atoms with Crippen molar-refractivity contribution < 1.29 is 0 Å². The van der Waals surface area contributed by atoms with Gasteiger partial charge in [-0.05, 0) is 35.6 Å². The Morgan fingerprint density at radius 3 is 3.00 bits per heavy atom. The highest BCUT2D eigenvalue weighted by atomic mass is 127. The minimum atomic E-state index is 0.504. The molecule has 15 heavy (non-hydrogen) atoms. The molecule has 0 bridgehead atoms. The van der Waals surface area contributed by atoms with E-state index in [1.54, 1.807) is 12.4 Å². The zero-order valence-corrected chi connectivity index (χ0v) is 10.3. The summed E-state index contributed by atoms with van der Waals surface area (Å²) in [6, 6.07) is 1.88. The summed E-state index contributed by atoms with van der Waals surface area (Å²) in [6.07, 6.45) is 3.45. The third-order valence-corrected chi connectivity index (χ3v) is 2.85. The minimum absolute atomic E-state index is 0.504. The molecule has 2 N–H and O–H groups in total. The summed E-state index contributed by atoms with van der Waals surface area (Å²) in [4.78, 5) is 8.45. The number of nitrogens with two attached hydrogens (primary N) is 1. The van der Waals surface area contributed by atoms with Gasteiger partial charge in [-0.3, -0.25) is 4.68 Å². The summed E-state index contributed by atoms with van der Waals surface area (Å²) >= 11 is 2.10. The number of anilines is 1. The van der Waals surface area contributed by atoms with Crippen LogP contribution in [0.25, 0.3) is 11.5 Å². The van der Waals surface area contributed by atoms with Gasteiger partial charge in [-0.1, -0.05) is 0 Å². The SMILES string of the molecule is CCn1nccc1-c1ncc(I)c(N)n1. The minimum Gasteiger partial charge on any atom is -0.383 e. The molecule has 0 saturated carbocycles. The molecule has 6 heteroatoms. The first-order valence-electron chi connectivity index (χ1n) is 4.52. The first-order chi connectivity index (χ1) is 7.22. The lowest BCUT2D eigenvalue weighted by atomic mass is 10.4. The normalized spacial score (nSPS) is 10.5. The van der Waals surface area contributed by atoms with E-state index in [4.69, 9.17) is 5.73 Å². The molecule has 0 atom stereocenters. The molecule has 5 nitrogen and oxygen atoms in total. The smallest absolute Gasteiger partial charge is 0.179 e. The maximum atomic E-state index is 5.73. The van der Waals surface area contributed by atoms with E-state index >= 15 is 0 Å². The van der Waals surface area contributed by atoms with Crippen LogP contribution in [-0.4, -0.2) is 19.7 Å². The zero-order valence-electron chi connectivity index (χ0n) is 8.18. The van der Waals surface area contributed by atoms with E-state index in [1.165, 1.54) is 0 Å². The monoisotopic (exact) mass is 315 g/mol. The van der Waals surface area contributed by atoms with Gasteiger partial charge in [0.25, 0.3) is 0 Å². The first kappa shape index (κ1) is 10.3. The molecule has 0 aliphatic rings. The Bertz CT molecular complexity index is 479. The molecule has 0 aromatic carbocycles. The molecule has 0 radical (unpaired) electrons. The Hall–Kier alpha value is -1.18. The van der Waals surface area contributed by atoms with Crippen LogP contribution in [0.3, 0.4) is 0 Å². The van der Waals surface area contributed by atoms with Crippen LogP contribution >= 0.6 is 22.6 Å². The van der Waals surface area contributed by atoms with Crippen molar-refractivity contribution in [3.05, 3.63) is 22.0 Å². The van der Waals surface area contributed by atoms with Gasteiger partial charge in [-0.2, -0.15) is 5.10 Å². The number of aromatic nitrogens is 4. The molecule has 0 fully saturated rings. The van der Waals surface area contributed by atoms with Crippen molar-refractivity contribution in [2.75, 3.05) is 5.73 Å². The van der Waals surface area contributed by atoms with Crippen LogP contribution in [0.15, 0.2) is 18.5 Å². The number of nitrogen functional groups attached to an aromatic ring is 1. The Morgan fingerprint density at radius 1 is 1.53 bits per heavy atom. The lowest BCUT2D eigenvalue weighted by molar-refractivity contribution is 0.664. The van der Waals surface area contributed by atoms with E-state index in [2.05, 4.69) is 37.7 Å². The second-order valence-corrected chi connectivity index (χ2v) is 4.12. The lowest BCUT2D eigenvalue weighted by Gasteiger charge is -2.04. The third-order valence-electron chi connectivity index (χ3n) is 2.02. The first-order valence-corrected chi connectivity index (χ1v) is 5.60. The summed E-state index contributed by atoms with van der Waals surface area (Å²) < 4.78 is 2.70. The highest BCUT2D eigenvalue weighted by Crippen LogP contribution is 2.18. The van der Waals surface area contributed by atoms with Crippen LogP contribution in [0, 0.1) is 3.57 Å². The van der Waals surface area contributed by atoms with E-state index in [1.807, 2.05) is 17.7 Å². The van der Waals surface area contributed by atoms with Crippen LogP contribution in [-0.2, 0) is 6.54 Å². The maximum Gasteiger partial charge on any atom is 0.179 e.